The van der Waals surface area contributed by atoms with Crippen LogP contribution in [-0.4, -0.2) is 19.1 Å². The highest BCUT2D eigenvalue weighted by atomic mass is 32.1. The average Bonchev–Trinajstić information content (AvgIpc) is 3.46. The van der Waals surface area contributed by atoms with E-state index in [1.54, 1.807) is 18.4 Å². The van der Waals surface area contributed by atoms with Gasteiger partial charge in [-0.3, -0.25) is 4.79 Å². The van der Waals surface area contributed by atoms with E-state index in [0.717, 1.165) is 41.2 Å². The van der Waals surface area contributed by atoms with E-state index >= 15 is 0 Å². The summed E-state index contributed by atoms with van der Waals surface area (Å²) in [5.74, 6) is 0.919. The van der Waals surface area contributed by atoms with Crippen molar-refractivity contribution in [3.05, 3.63) is 88.8 Å². The number of hydrogen-bond acceptors (Lipinski definition) is 4. The van der Waals surface area contributed by atoms with Crippen LogP contribution in [0.15, 0.2) is 78.3 Å². The number of thiophene rings is 1. The van der Waals surface area contributed by atoms with E-state index in [1.165, 1.54) is 24.1 Å². The van der Waals surface area contributed by atoms with Gasteiger partial charge in [-0.2, -0.15) is 0 Å². The number of carbonyl (C=O) groups is 1. The zero-order chi connectivity index (χ0) is 22.8. The molecule has 1 unspecified atom stereocenters. The minimum absolute atomic E-state index is 0.151. The first kappa shape index (κ1) is 21.8. The molecule has 5 rings (SSSR count). The standard InChI is InChI=1S/C28H30N2O2S/c1-20(18-24-14-9-17-33-24)29(22-12-8-13-23(19-22)32-2)27-25-15-6-7-16-26(25)30(28(27)31)21-10-4-3-5-11-21/h6-9,12-17,19,21,27H,1,3-5,10-11,18H2,2H3. The van der Waals surface area contributed by atoms with E-state index < -0.39 is 6.04 Å². The van der Waals surface area contributed by atoms with Crippen LogP contribution in [0.2, 0.25) is 0 Å². The van der Waals surface area contributed by atoms with Gasteiger partial charge in [0.05, 0.1) is 7.11 Å². The number of benzene rings is 2. The van der Waals surface area contributed by atoms with Crippen molar-refractivity contribution < 1.29 is 9.53 Å². The molecule has 2 aromatic carbocycles. The van der Waals surface area contributed by atoms with Crippen LogP contribution in [0.3, 0.4) is 0 Å². The second-order valence-electron chi connectivity index (χ2n) is 8.86. The first-order valence-electron chi connectivity index (χ1n) is 11.7. The molecule has 1 saturated carbocycles. The molecule has 1 aliphatic carbocycles. The Hall–Kier alpha value is -3.05. The van der Waals surface area contributed by atoms with Gasteiger partial charge < -0.3 is 14.5 Å². The molecule has 33 heavy (non-hydrogen) atoms. The van der Waals surface area contributed by atoms with Crippen molar-refractivity contribution in [3.63, 3.8) is 0 Å². The van der Waals surface area contributed by atoms with Crippen LogP contribution in [0.1, 0.15) is 48.6 Å². The van der Waals surface area contributed by atoms with Gasteiger partial charge in [-0.25, -0.2) is 0 Å². The topological polar surface area (TPSA) is 32.8 Å². The number of para-hydroxylation sites is 1. The highest BCUT2D eigenvalue weighted by Gasteiger charge is 2.44. The van der Waals surface area contributed by atoms with Crippen LogP contribution in [0.25, 0.3) is 0 Å². The number of nitrogens with zero attached hydrogens (tertiary/aromatic N) is 2. The van der Waals surface area contributed by atoms with Crippen molar-refractivity contribution in [1.29, 1.82) is 0 Å². The maximum absolute atomic E-state index is 14.2. The lowest BCUT2D eigenvalue weighted by Crippen LogP contribution is -2.43. The fourth-order valence-corrected chi connectivity index (χ4v) is 6.00. The number of anilines is 2. The maximum atomic E-state index is 14.2. The summed E-state index contributed by atoms with van der Waals surface area (Å²) in [7, 11) is 1.67. The van der Waals surface area contributed by atoms with Crippen LogP contribution >= 0.6 is 11.3 Å². The molecule has 1 aliphatic heterocycles. The smallest absolute Gasteiger partial charge is 0.255 e. The van der Waals surface area contributed by atoms with Crippen LogP contribution in [0.4, 0.5) is 11.4 Å². The second kappa shape index (κ2) is 9.44. The minimum atomic E-state index is -0.428. The zero-order valence-electron chi connectivity index (χ0n) is 19.1. The molecule has 2 heterocycles. The van der Waals surface area contributed by atoms with Crippen LogP contribution in [0.5, 0.6) is 5.75 Å². The predicted molar refractivity (Wildman–Crippen MR) is 136 cm³/mol. The van der Waals surface area contributed by atoms with E-state index in [0.29, 0.717) is 6.42 Å². The molecule has 0 bridgehead atoms. The molecule has 0 spiro atoms. The summed E-state index contributed by atoms with van der Waals surface area (Å²) >= 11 is 1.72. The number of amides is 1. The third-order valence-corrected chi connectivity index (χ3v) is 7.67. The molecule has 170 valence electrons. The molecule has 4 nitrogen and oxygen atoms in total. The minimum Gasteiger partial charge on any atom is -0.497 e. The molecule has 2 aliphatic rings. The fraction of sp³-hybridized carbons (Fsp3) is 0.321. The number of methoxy groups -OCH3 is 1. The summed E-state index contributed by atoms with van der Waals surface area (Å²) in [5, 5.41) is 2.08. The summed E-state index contributed by atoms with van der Waals surface area (Å²) in [5.41, 5.74) is 3.94. The van der Waals surface area contributed by atoms with Gasteiger partial charge >= 0.3 is 0 Å². The van der Waals surface area contributed by atoms with Crippen molar-refractivity contribution in [1.82, 2.24) is 0 Å². The van der Waals surface area contributed by atoms with E-state index in [9.17, 15) is 4.79 Å². The normalized spacial score (nSPS) is 18.3. The highest BCUT2D eigenvalue weighted by Crippen LogP contribution is 2.46. The van der Waals surface area contributed by atoms with Gasteiger partial charge in [0.2, 0.25) is 0 Å². The zero-order valence-corrected chi connectivity index (χ0v) is 19.9. The van der Waals surface area contributed by atoms with Crippen molar-refractivity contribution in [2.45, 2.75) is 50.6 Å². The first-order valence-corrected chi connectivity index (χ1v) is 12.6. The molecular formula is C28H30N2O2S. The summed E-state index contributed by atoms with van der Waals surface area (Å²) in [6.07, 6.45) is 6.48. The fourth-order valence-electron chi connectivity index (χ4n) is 5.26. The number of ether oxygens (including phenoxy) is 1. The third-order valence-electron chi connectivity index (χ3n) is 6.79. The van der Waals surface area contributed by atoms with Crippen LogP contribution in [-0.2, 0) is 11.2 Å². The Bertz CT molecular complexity index is 1130. The largest absolute Gasteiger partial charge is 0.497 e. The van der Waals surface area contributed by atoms with Crippen molar-refractivity contribution in [2.24, 2.45) is 0 Å². The Labute approximate surface area is 200 Å². The summed E-state index contributed by atoms with van der Waals surface area (Å²) in [6.45, 7) is 4.47. The molecule has 0 radical (unpaired) electrons. The van der Waals surface area contributed by atoms with Crippen LogP contribution < -0.4 is 14.5 Å². The second-order valence-corrected chi connectivity index (χ2v) is 9.89. The molecule has 0 N–H and O–H groups in total. The Morgan fingerprint density at radius 1 is 1.09 bits per heavy atom. The first-order chi connectivity index (χ1) is 16.2. The Morgan fingerprint density at radius 2 is 1.91 bits per heavy atom. The van der Waals surface area contributed by atoms with Gasteiger partial charge in [0, 0.05) is 46.0 Å². The molecule has 1 fully saturated rings. The molecule has 0 saturated heterocycles. The molecule has 1 aromatic heterocycles. The van der Waals surface area contributed by atoms with Gasteiger partial charge in [0.15, 0.2) is 0 Å². The van der Waals surface area contributed by atoms with E-state index in [1.807, 2.05) is 36.4 Å². The van der Waals surface area contributed by atoms with Gasteiger partial charge in [0.1, 0.15) is 11.8 Å². The average molecular weight is 459 g/mol. The lowest BCUT2D eigenvalue weighted by Gasteiger charge is -2.35. The highest BCUT2D eigenvalue weighted by molar-refractivity contribution is 7.09. The lowest BCUT2D eigenvalue weighted by molar-refractivity contribution is -0.119. The monoisotopic (exact) mass is 458 g/mol. The Balaban J connectivity index is 1.59. The summed E-state index contributed by atoms with van der Waals surface area (Å²) in [4.78, 5) is 19.6. The van der Waals surface area contributed by atoms with Crippen LogP contribution in [0, 0.1) is 0 Å². The number of carbonyl (C=O) groups excluding carboxylic acids is 1. The lowest BCUT2D eigenvalue weighted by atomic mass is 9.94. The van der Waals surface area contributed by atoms with Crippen molar-refractivity contribution in [3.8, 4) is 5.75 Å². The van der Waals surface area contributed by atoms with Gasteiger partial charge in [-0.05, 0) is 42.5 Å². The third kappa shape index (κ3) is 4.18. The van der Waals surface area contributed by atoms with E-state index in [4.69, 9.17) is 4.74 Å². The summed E-state index contributed by atoms with van der Waals surface area (Å²) in [6, 6.07) is 20.3. The summed E-state index contributed by atoms with van der Waals surface area (Å²) < 4.78 is 5.52. The quantitative estimate of drug-likeness (QED) is 0.393. The molecule has 1 atom stereocenters. The van der Waals surface area contributed by atoms with E-state index in [2.05, 4.69) is 46.0 Å². The molecule has 1 amide bonds. The van der Waals surface area contributed by atoms with Gasteiger partial charge in [-0.15, -0.1) is 11.3 Å². The SMILES string of the molecule is C=C(Cc1cccs1)N(c1cccc(OC)c1)C1C(=O)N(C2CCCCC2)c2ccccc21. The maximum Gasteiger partial charge on any atom is 0.255 e. The number of allylic oxidation sites excluding steroid dienone is 1. The Kier molecular flexibility index (Phi) is 6.23. The van der Waals surface area contributed by atoms with Gasteiger partial charge in [0.25, 0.3) is 5.91 Å². The molecular weight excluding hydrogens is 428 g/mol. The number of hydrogen-bond donors (Lipinski definition) is 0. The molecule has 3 aromatic rings. The van der Waals surface area contributed by atoms with Crippen molar-refractivity contribution >= 4 is 28.6 Å². The van der Waals surface area contributed by atoms with E-state index in [-0.39, 0.29) is 11.9 Å². The number of rotatable bonds is 7. The van der Waals surface area contributed by atoms with Gasteiger partial charge in [-0.1, -0.05) is 56.2 Å². The Morgan fingerprint density at radius 3 is 2.67 bits per heavy atom. The number of fused-ring (bicyclic) bond motifs is 1. The van der Waals surface area contributed by atoms with Crippen molar-refractivity contribution in [2.75, 3.05) is 16.9 Å². The predicted octanol–water partition coefficient (Wildman–Crippen LogP) is 6.74. The molecule has 5 heteroatoms.